The molecule has 0 amide bonds. The Morgan fingerprint density at radius 1 is 0.439 bits per heavy atom. The summed E-state index contributed by atoms with van der Waals surface area (Å²) in [7, 11) is 0. The molecule has 1 heterocycles. The van der Waals surface area contributed by atoms with Crippen LogP contribution in [0.3, 0.4) is 0 Å². The lowest BCUT2D eigenvalue weighted by Gasteiger charge is -2.22. The summed E-state index contributed by atoms with van der Waals surface area (Å²) in [6.45, 7) is 0. The van der Waals surface area contributed by atoms with Gasteiger partial charge in [-0.25, -0.2) is 0 Å². The molecule has 0 saturated carbocycles. The van der Waals surface area contributed by atoms with Gasteiger partial charge in [0.2, 0.25) is 0 Å². The lowest BCUT2D eigenvalue weighted by Crippen LogP contribution is -1.98. The Balaban J connectivity index is 1.15. The molecule has 0 radical (unpaired) electrons. The van der Waals surface area contributed by atoms with Crippen LogP contribution in [0.2, 0.25) is 0 Å². The summed E-state index contributed by atoms with van der Waals surface area (Å²) in [5.74, 6) is 1.56. The number of nitriles is 1. The van der Waals surface area contributed by atoms with Crippen LogP contribution < -0.4 is 4.74 Å². The van der Waals surface area contributed by atoms with E-state index in [0.717, 1.165) is 33.4 Å². The minimum Gasteiger partial charge on any atom is -0.456 e. The molecule has 188 valence electrons. The first-order valence-electron chi connectivity index (χ1n) is 13.8. The fourth-order valence-corrected chi connectivity index (χ4v) is 6.72. The van der Waals surface area contributed by atoms with Crippen LogP contribution in [0.15, 0.2) is 127 Å². The van der Waals surface area contributed by atoms with E-state index in [9.17, 15) is 5.26 Å². The average Bonchev–Trinajstić information content (AvgIpc) is 3.03. The molecule has 8 aromatic carbocycles. The van der Waals surface area contributed by atoms with Gasteiger partial charge in [-0.2, -0.15) is 5.26 Å². The fourth-order valence-electron chi connectivity index (χ4n) is 6.72. The van der Waals surface area contributed by atoms with E-state index in [0.29, 0.717) is 5.56 Å². The van der Waals surface area contributed by atoms with Gasteiger partial charge in [0, 0.05) is 10.9 Å². The number of hydrogen-bond acceptors (Lipinski definition) is 2. The van der Waals surface area contributed by atoms with Crippen molar-refractivity contribution in [2.24, 2.45) is 0 Å². The van der Waals surface area contributed by atoms with Gasteiger partial charge in [-0.15, -0.1) is 0 Å². The Labute approximate surface area is 236 Å². The second kappa shape index (κ2) is 8.18. The van der Waals surface area contributed by atoms with Crippen molar-refractivity contribution in [2.75, 3.05) is 0 Å². The van der Waals surface area contributed by atoms with Crippen LogP contribution >= 0.6 is 0 Å². The predicted molar refractivity (Wildman–Crippen MR) is 169 cm³/mol. The quantitative estimate of drug-likeness (QED) is 0.213. The summed E-state index contributed by atoms with van der Waals surface area (Å²) >= 11 is 0. The maximum atomic E-state index is 9.35. The standard InChI is InChI=1S/C39H21NO/c40-22-23-7-16-32-34-6-2-5-33-31(17-18-35(39(33)34)41-36(32)19-23)25-10-8-24(9-11-25)30-20-28-14-12-26-3-1-4-27-13-15-29(21-30)38(28)37(26)27/h1-21H. The van der Waals surface area contributed by atoms with Gasteiger partial charge in [0.25, 0.3) is 0 Å². The molecule has 0 fully saturated rings. The molecular weight excluding hydrogens is 498 g/mol. The van der Waals surface area contributed by atoms with Crippen LogP contribution in [0.25, 0.3) is 76.5 Å². The SMILES string of the molecule is N#Cc1ccc2c(c1)Oc1ccc(-c3ccc(-c4cc5ccc6cccc7ccc(c4)c5c67)cc3)c3cccc-2c13. The molecule has 0 bridgehead atoms. The van der Waals surface area contributed by atoms with Crippen molar-refractivity contribution in [3.05, 3.63) is 133 Å². The van der Waals surface area contributed by atoms with Gasteiger partial charge in [0.1, 0.15) is 11.5 Å². The van der Waals surface area contributed by atoms with Gasteiger partial charge in [0.05, 0.1) is 11.6 Å². The van der Waals surface area contributed by atoms with E-state index in [1.807, 2.05) is 18.2 Å². The first-order chi connectivity index (χ1) is 20.2. The van der Waals surface area contributed by atoms with E-state index >= 15 is 0 Å². The summed E-state index contributed by atoms with van der Waals surface area (Å²) in [5, 5.41) is 19.4. The van der Waals surface area contributed by atoms with Crippen molar-refractivity contribution in [1.29, 1.82) is 5.26 Å². The molecular formula is C39H21NO. The molecule has 1 aliphatic rings. The average molecular weight is 520 g/mol. The van der Waals surface area contributed by atoms with E-state index in [4.69, 9.17) is 4.74 Å². The molecule has 0 aliphatic carbocycles. The lowest BCUT2D eigenvalue weighted by atomic mass is 9.89. The van der Waals surface area contributed by atoms with E-state index < -0.39 is 0 Å². The molecule has 0 aromatic heterocycles. The molecule has 8 aromatic rings. The Kier molecular flexibility index (Phi) is 4.43. The molecule has 2 heteroatoms. The van der Waals surface area contributed by atoms with Crippen LogP contribution in [-0.2, 0) is 0 Å². The summed E-state index contributed by atoms with van der Waals surface area (Å²) in [6, 6.07) is 47.5. The molecule has 0 spiro atoms. The summed E-state index contributed by atoms with van der Waals surface area (Å²) in [5.41, 5.74) is 7.52. The highest BCUT2D eigenvalue weighted by molar-refractivity contribution is 6.23. The Morgan fingerprint density at radius 2 is 1.10 bits per heavy atom. The van der Waals surface area contributed by atoms with Gasteiger partial charge in [0.15, 0.2) is 0 Å². The molecule has 1 aliphatic heterocycles. The van der Waals surface area contributed by atoms with E-state index in [1.165, 1.54) is 54.6 Å². The summed E-state index contributed by atoms with van der Waals surface area (Å²) in [6.07, 6.45) is 0. The Morgan fingerprint density at radius 3 is 1.85 bits per heavy atom. The zero-order valence-corrected chi connectivity index (χ0v) is 22.0. The Bertz CT molecular complexity index is 2330. The highest BCUT2D eigenvalue weighted by atomic mass is 16.5. The summed E-state index contributed by atoms with van der Waals surface area (Å²) in [4.78, 5) is 0. The van der Waals surface area contributed by atoms with Crippen molar-refractivity contribution in [1.82, 2.24) is 0 Å². The van der Waals surface area contributed by atoms with Gasteiger partial charge in [-0.05, 0) is 102 Å². The molecule has 2 nitrogen and oxygen atoms in total. The Hall–Kier alpha value is -5.65. The number of hydrogen-bond donors (Lipinski definition) is 0. The molecule has 41 heavy (non-hydrogen) atoms. The highest BCUT2D eigenvalue weighted by Gasteiger charge is 2.22. The second-order valence-electron chi connectivity index (χ2n) is 10.8. The largest absolute Gasteiger partial charge is 0.456 e. The van der Waals surface area contributed by atoms with Crippen molar-refractivity contribution in [3.63, 3.8) is 0 Å². The number of benzene rings is 8. The van der Waals surface area contributed by atoms with Gasteiger partial charge in [-0.1, -0.05) is 91.0 Å². The molecule has 0 saturated heterocycles. The zero-order valence-electron chi connectivity index (χ0n) is 22.0. The van der Waals surface area contributed by atoms with Gasteiger partial charge < -0.3 is 4.74 Å². The minimum atomic E-state index is 0.598. The molecule has 9 rings (SSSR count). The third kappa shape index (κ3) is 3.18. The monoisotopic (exact) mass is 519 g/mol. The number of rotatable bonds is 2. The van der Waals surface area contributed by atoms with Crippen LogP contribution in [0, 0.1) is 11.3 Å². The minimum absolute atomic E-state index is 0.598. The van der Waals surface area contributed by atoms with E-state index in [1.54, 1.807) is 0 Å². The maximum absolute atomic E-state index is 9.35. The smallest absolute Gasteiger partial charge is 0.136 e. The highest BCUT2D eigenvalue weighted by Crippen LogP contribution is 2.49. The molecule has 0 atom stereocenters. The van der Waals surface area contributed by atoms with Crippen LogP contribution in [-0.4, -0.2) is 0 Å². The first kappa shape index (κ1) is 22.2. The third-order valence-electron chi connectivity index (χ3n) is 8.62. The topological polar surface area (TPSA) is 33.0 Å². The zero-order chi connectivity index (χ0) is 27.1. The van der Waals surface area contributed by atoms with Crippen LogP contribution in [0.1, 0.15) is 5.56 Å². The number of nitrogens with zero attached hydrogens (tertiary/aromatic N) is 1. The van der Waals surface area contributed by atoms with Crippen molar-refractivity contribution in [3.8, 4) is 50.9 Å². The first-order valence-corrected chi connectivity index (χ1v) is 13.8. The molecule has 0 N–H and O–H groups in total. The van der Waals surface area contributed by atoms with Crippen LogP contribution in [0.4, 0.5) is 0 Å². The van der Waals surface area contributed by atoms with Gasteiger partial charge in [-0.3, -0.25) is 0 Å². The van der Waals surface area contributed by atoms with E-state index in [-0.39, 0.29) is 0 Å². The fraction of sp³-hybridized carbons (Fsp3) is 0. The lowest BCUT2D eigenvalue weighted by molar-refractivity contribution is 0.487. The van der Waals surface area contributed by atoms with Crippen LogP contribution in [0.5, 0.6) is 11.5 Å². The van der Waals surface area contributed by atoms with Crippen molar-refractivity contribution in [2.45, 2.75) is 0 Å². The van der Waals surface area contributed by atoms with E-state index in [2.05, 4.69) is 115 Å². The van der Waals surface area contributed by atoms with Crippen molar-refractivity contribution < 1.29 is 4.74 Å². The van der Waals surface area contributed by atoms with Crippen molar-refractivity contribution >= 4 is 43.1 Å². The normalized spacial score (nSPS) is 12.1. The number of fused-ring (bicyclic) bond motifs is 2. The number of ether oxygens (including phenoxy) is 1. The maximum Gasteiger partial charge on any atom is 0.136 e. The third-order valence-corrected chi connectivity index (χ3v) is 8.62. The molecule has 0 unspecified atom stereocenters. The van der Waals surface area contributed by atoms with Gasteiger partial charge >= 0.3 is 0 Å². The predicted octanol–water partition coefficient (Wildman–Crippen LogP) is 10.7. The summed E-state index contributed by atoms with van der Waals surface area (Å²) < 4.78 is 6.29. The second-order valence-corrected chi connectivity index (χ2v) is 10.8.